The number of carbonyl (C=O) groups is 1. The van der Waals surface area contributed by atoms with Crippen molar-refractivity contribution in [2.45, 2.75) is 71.1 Å². The molecule has 1 fully saturated rings. The van der Waals surface area contributed by atoms with Gasteiger partial charge in [0, 0.05) is 5.56 Å². The Morgan fingerprint density at radius 3 is 2.57 bits per heavy atom. The fraction of sp³-hybridized carbons (Fsp3) is 0.429. The van der Waals surface area contributed by atoms with E-state index in [-0.39, 0.29) is 25.4 Å². The largest absolute Gasteiger partial charge is 0.479 e. The standard InChI is InChI=1S/C28H33NO6/c1-19-8-6-11-22(14-19)27-29-25(20(2)35-27)17-32-23-12-7-13-24(15-23)33-18-26(28(30)31)34-16-21-9-4-3-5-10-21/h3-6,8-11,14,23-24,26H,7,12-13,15-18H2,1-2H3,(H,30,31)/t23-,24+,26?/m0/s1. The molecule has 0 spiro atoms. The van der Waals surface area contributed by atoms with Crippen LogP contribution in [0.3, 0.4) is 0 Å². The average molecular weight is 480 g/mol. The van der Waals surface area contributed by atoms with Gasteiger partial charge in [-0.25, -0.2) is 9.78 Å². The first-order chi connectivity index (χ1) is 17.0. The average Bonchev–Trinajstić information content (AvgIpc) is 3.24. The van der Waals surface area contributed by atoms with Crippen LogP contribution in [0, 0.1) is 13.8 Å². The zero-order valence-corrected chi connectivity index (χ0v) is 20.3. The van der Waals surface area contributed by atoms with Gasteiger partial charge < -0.3 is 23.7 Å². The summed E-state index contributed by atoms with van der Waals surface area (Å²) in [7, 11) is 0. The van der Waals surface area contributed by atoms with Crippen molar-refractivity contribution in [3.05, 3.63) is 77.2 Å². The summed E-state index contributed by atoms with van der Waals surface area (Å²) < 4.78 is 23.6. The molecule has 1 saturated carbocycles. The van der Waals surface area contributed by atoms with Crippen LogP contribution < -0.4 is 0 Å². The number of rotatable bonds is 11. The van der Waals surface area contributed by atoms with Crippen molar-refractivity contribution in [2.75, 3.05) is 6.61 Å². The molecular weight excluding hydrogens is 446 g/mol. The summed E-state index contributed by atoms with van der Waals surface area (Å²) in [5, 5.41) is 9.52. The van der Waals surface area contributed by atoms with Crippen LogP contribution in [0.5, 0.6) is 0 Å². The molecule has 4 rings (SSSR count). The van der Waals surface area contributed by atoms with E-state index >= 15 is 0 Å². The monoisotopic (exact) mass is 479 g/mol. The maximum atomic E-state index is 11.6. The highest BCUT2D eigenvalue weighted by Gasteiger charge is 2.27. The highest BCUT2D eigenvalue weighted by molar-refractivity contribution is 5.72. The van der Waals surface area contributed by atoms with Crippen LogP contribution in [-0.2, 0) is 32.2 Å². The van der Waals surface area contributed by atoms with Crippen molar-refractivity contribution < 1.29 is 28.5 Å². The zero-order valence-electron chi connectivity index (χ0n) is 20.3. The van der Waals surface area contributed by atoms with Crippen LogP contribution in [-0.4, -0.2) is 41.0 Å². The fourth-order valence-corrected chi connectivity index (χ4v) is 4.25. The van der Waals surface area contributed by atoms with E-state index < -0.39 is 12.1 Å². The SMILES string of the molecule is Cc1cccc(-c2nc(CO[C@H]3CCC[C@@H](OCC(OCc4ccccc4)C(=O)O)C3)c(C)o2)c1. The molecule has 7 nitrogen and oxygen atoms in total. The Morgan fingerprint density at radius 1 is 1.06 bits per heavy atom. The van der Waals surface area contributed by atoms with Gasteiger partial charge in [0.2, 0.25) is 5.89 Å². The van der Waals surface area contributed by atoms with Crippen LogP contribution in [0.25, 0.3) is 11.5 Å². The molecular formula is C28H33NO6. The van der Waals surface area contributed by atoms with Crippen molar-refractivity contribution >= 4 is 5.97 Å². The van der Waals surface area contributed by atoms with Gasteiger partial charge in [-0.15, -0.1) is 0 Å². The maximum absolute atomic E-state index is 11.6. The van der Waals surface area contributed by atoms with E-state index in [0.29, 0.717) is 18.9 Å². The summed E-state index contributed by atoms with van der Waals surface area (Å²) >= 11 is 0. The molecule has 186 valence electrons. The highest BCUT2D eigenvalue weighted by Crippen LogP contribution is 2.27. The second-order valence-corrected chi connectivity index (χ2v) is 9.07. The normalized spacial score (nSPS) is 18.9. The van der Waals surface area contributed by atoms with E-state index in [2.05, 4.69) is 4.98 Å². The lowest BCUT2D eigenvalue weighted by Gasteiger charge is -2.29. The number of hydrogen-bond donors (Lipinski definition) is 1. The van der Waals surface area contributed by atoms with E-state index in [1.54, 1.807) is 0 Å². The van der Waals surface area contributed by atoms with Crippen molar-refractivity contribution in [1.82, 2.24) is 4.98 Å². The minimum Gasteiger partial charge on any atom is -0.479 e. The molecule has 0 aliphatic heterocycles. The van der Waals surface area contributed by atoms with E-state index in [1.807, 2.05) is 68.4 Å². The third-order valence-electron chi connectivity index (χ3n) is 6.24. The molecule has 1 aromatic heterocycles. The number of ether oxygens (including phenoxy) is 3. The predicted octanol–water partition coefficient (Wildman–Crippen LogP) is 5.47. The molecule has 1 heterocycles. The fourth-order valence-electron chi connectivity index (χ4n) is 4.25. The third kappa shape index (κ3) is 7.24. The Kier molecular flexibility index (Phi) is 8.69. The Labute approximate surface area is 206 Å². The number of carboxylic acids is 1. The molecule has 3 aromatic rings. The zero-order chi connectivity index (χ0) is 24.6. The number of hydrogen-bond acceptors (Lipinski definition) is 6. The topological polar surface area (TPSA) is 91.0 Å². The molecule has 0 radical (unpaired) electrons. The highest BCUT2D eigenvalue weighted by atomic mass is 16.6. The Balaban J connectivity index is 1.25. The van der Waals surface area contributed by atoms with Crippen LogP contribution in [0.4, 0.5) is 0 Å². The summed E-state index contributed by atoms with van der Waals surface area (Å²) in [6, 6.07) is 17.6. The van der Waals surface area contributed by atoms with Gasteiger partial charge in [-0.1, -0.05) is 48.0 Å². The number of aliphatic carboxylic acids is 1. The summed E-state index contributed by atoms with van der Waals surface area (Å²) in [6.45, 7) is 4.57. The molecule has 35 heavy (non-hydrogen) atoms. The van der Waals surface area contributed by atoms with Crippen LogP contribution in [0.2, 0.25) is 0 Å². The molecule has 0 saturated heterocycles. The van der Waals surface area contributed by atoms with E-state index in [1.165, 1.54) is 0 Å². The first-order valence-electron chi connectivity index (χ1n) is 12.1. The quantitative estimate of drug-likeness (QED) is 0.390. The lowest BCUT2D eigenvalue weighted by molar-refractivity contribution is -0.159. The van der Waals surface area contributed by atoms with E-state index in [4.69, 9.17) is 18.6 Å². The van der Waals surface area contributed by atoms with Gasteiger partial charge in [-0.2, -0.15) is 0 Å². The van der Waals surface area contributed by atoms with Crippen LogP contribution >= 0.6 is 0 Å². The number of aromatic nitrogens is 1. The van der Waals surface area contributed by atoms with E-state index in [9.17, 15) is 9.90 Å². The van der Waals surface area contributed by atoms with Crippen molar-refractivity contribution in [1.29, 1.82) is 0 Å². The van der Waals surface area contributed by atoms with Gasteiger partial charge in [-0.05, 0) is 57.2 Å². The molecule has 3 atom stereocenters. The molecule has 1 aliphatic carbocycles. The molecule has 0 amide bonds. The van der Waals surface area contributed by atoms with Gasteiger partial charge in [-0.3, -0.25) is 0 Å². The second kappa shape index (κ2) is 12.1. The Bertz CT molecular complexity index is 1100. The number of carboxylic acid groups (broad SMARTS) is 1. The van der Waals surface area contributed by atoms with Gasteiger partial charge in [0.15, 0.2) is 6.10 Å². The smallest absolute Gasteiger partial charge is 0.335 e. The number of benzene rings is 2. The van der Waals surface area contributed by atoms with Crippen molar-refractivity contribution in [2.24, 2.45) is 0 Å². The summed E-state index contributed by atoms with van der Waals surface area (Å²) in [5.41, 5.74) is 3.83. The minimum absolute atomic E-state index is 0.0157. The van der Waals surface area contributed by atoms with Gasteiger partial charge >= 0.3 is 5.97 Å². The molecule has 1 unspecified atom stereocenters. The molecule has 2 aromatic carbocycles. The second-order valence-electron chi connectivity index (χ2n) is 9.07. The van der Waals surface area contributed by atoms with Gasteiger partial charge in [0.1, 0.15) is 11.5 Å². The lowest BCUT2D eigenvalue weighted by atomic mass is 9.95. The summed E-state index contributed by atoms with van der Waals surface area (Å²) in [5.74, 6) is 0.338. The Hall–Kier alpha value is -3.00. The van der Waals surface area contributed by atoms with E-state index in [0.717, 1.165) is 47.4 Å². The molecule has 1 aliphatic rings. The van der Waals surface area contributed by atoms with Crippen molar-refractivity contribution in [3.8, 4) is 11.5 Å². The minimum atomic E-state index is -1.02. The number of oxazole rings is 1. The van der Waals surface area contributed by atoms with Crippen molar-refractivity contribution in [3.63, 3.8) is 0 Å². The summed E-state index contributed by atoms with van der Waals surface area (Å²) in [6.07, 6.45) is 2.46. The van der Waals surface area contributed by atoms with Gasteiger partial charge in [0.05, 0.1) is 32.0 Å². The summed E-state index contributed by atoms with van der Waals surface area (Å²) in [4.78, 5) is 16.3. The molecule has 7 heteroatoms. The van der Waals surface area contributed by atoms with Crippen LogP contribution in [0.15, 0.2) is 59.0 Å². The molecule has 1 N–H and O–H groups in total. The number of aryl methyl sites for hydroxylation is 2. The van der Waals surface area contributed by atoms with Crippen LogP contribution in [0.1, 0.15) is 48.3 Å². The number of nitrogens with zero attached hydrogens (tertiary/aromatic N) is 1. The predicted molar refractivity (Wildman–Crippen MR) is 131 cm³/mol. The molecule has 0 bridgehead atoms. The van der Waals surface area contributed by atoms with Gasteiger partial charge in [0.25, 0.3) is 0 Å². The first kappa shape index (κ1) is 25.1. The Morgan fingerprint density at radius 2 is 1.83 bits per heavy atom. The first-order valence-corrected chi connectivity index (χ1v) is 12.1. The third-order valence-corrected chi connectivity index (χ3v) is 6.24. The maximum Gasteiger partial charge on any atom is 0.335 e. The lowest BCUT2D eigenvalue weighted by Crippen LogP contribution is -2.34.